The molecule has 0 bridgehead atoms. The molecule has 2 amide bonds. The minimum absolute atomic E-state index is 0.178. The van der Waals surface area contributed by atoms with Gasteiger partial charge in [0, 0.05) is 43.7 Å². The van der Waals surface area contributed by atoms with Gasteiger partial charge in [0.1, 0.15) is 5.69 Å². The number of aromatic nitrogens is 2. The topological polar surface area (TPSA) is 78.4 Å². The predicted molar refractivity (Wildman–Crippen MR) is 112 cm³/mol. The summed E-state index contributed by atoms with van der Waals surface area (Å²) >= 11 is 0. The van der Waals surface area contributed by atoms with Crippen LogP contribution in [0.5, 0.6) is 0 Å². The van der Waals surface area contributed by atoms with E-state index in [9.17, 15) is 9.59 Å². The van der Waals surface area contributed by atoms with Gasteiger partial charge in [0.05, 0.1) is 18.3 Å². The zero-order valence-corrected chi connectivity index (χ0v) is 17.4. The summed E-state index contributed by atoms with van der Waals surface area (Å²) in [5, 5.41) is 2.57. The number of likely N-dealkylation sites (tertiary alicyclic amines) is 1. The fraction of sp³-hybridized carbons (Fsp3) is 0.455. The van der Waals surface area contributed by atoms with Crippen molar-refractivity contribution in [3.63, 3.8) is 0 Å². The molecule has 0 aliphatic carbocycles. The number of rotatable bonds is 7. The van der Waals surface area contributed by atoms with Crippen molar-refractivity contribution in [2.24, 2.45) is 0 Å². The van der Waals surface area contributed by atoms with E-state index in [0.29, 0.717) is 12.2 Å². The molecule has 0 radical (unpaired) electrons. The van der Waals surface area contributed by atoms with E-state index in [4.69, 9.17) is 0 Å². The molecule has 1 atom stereocenters. The van der Waals surface area contributed by atoms with Gasteiger partial charge >= 0.3 is 0 Å². The van der Waals surface area contributed by atoms with E-state index in [1.165, 1.54) is 0 Å². The Morgan fingerprint density at radius 3 is 2.34 bits per heavy atom. The molecule has 2 aromatic rings. The van der Waals surface area contributed by atoms with Crippen LogP contribution in [0.25, 0.3) is 11.1 Å². The number of carbonyl (C=O) groups excluding carboxylic acids is 2. The molecule has 1 N–H and O–H groups in total. The first-order valence-electron chi connectivity index (χ1n) is 10.2. The maximum absolute atomic E-state index is 12.5. The number of nitrogens with zero attached hydrogens (tertiary/aromatic N) is 4. The van der Waals surface area contributed by atoms with Crippen LogP contribution in [-0.2, 0) is 4.79 Å². The Morgan fingerprint density at radius 2 is 1.79 bits per heavy atom. The Kier molecular flexibility index (Phi) is 6.93. The van der Waals surface area contributed by atoms with Crippen LogP contribution in [0, 0.1) is 0 Å². The highest BCUT2D eigenvalue weighted by Gasteiger charge is 2.29. The van der Waals surface area contributed by atoms with Gasteiger partial charge in [0.15, 0.2) is 0 Å². The molecule has 1 aliphatic heterocycles. The van der Waals surface area contributed by atoms with Crippen LogP contribution in [0.4, 0.5) is 0 Å². The SMILES string of the molecule is CCN(CC)C(=O)CN1CCCC1c1ccc(-c2ccc(C(=O)NC)nc2)cn1. The molecule has 1 saturated heterocycles. The quantitative estimate of drug-likeness (QED) is 0.779. The van der Waals surface area contributed by atoms with Crippen molar-refractivity contribution in [1.82, 2.24) is 25.1 Å². The molecule has 154 valence electrons. The van der Waals surface area contributed by atoms with Crippen LogP contribution in [0.3, 0.4) is 0 Å². The average Bonchev–Trinajstić information content (AvgIpc) is 3.22. The van der Waals surface area contributed by atoms with E-state index in [2.05, 4.69) is 20.2 Å². The lowest BCUT2D eigenvalue weighted by Gasteiger charge is -2.27. The van der Waals surface area contributed by atoms with Crippen LogP contribution in [0.2, 0.25) is 0 Å². The first-order valence-corrected chi connectivity index (χ1v) is 10.2. The Morgan fingerprint density at radius 1 is 1.10 bits per heavy atom. The summed E-state index contributed by atoms with van der Waals surface area (Å²) in [5.74, 6) is -0.0218. The van der Waals surface area contributed by atoms with Crippen molar-refractivity contribution >= 4 is 11.8 Å². The number of carbonyl (C=O) groups is 2. The number of likely N-dealkylation sites (N-methyl/N-ethyl adjacent to an activating group) is 1. The molecular weight excluding hydrogens is 366 g/mol. The van der Waals surface area contributed by atoms with E-state index >= 15 is 0 Å². The number of hydrogen-bond acceptors (Lipinski definition) is 5. The Balaban J connectivity index is 1.70. The normalized spacial score (nSPS) is 16.6. The monoisotopic (exact) mass is 395 g/mol. The molecule has 0 saturated carbocycles. The molecule has 29 heavy (non-hydrogen) atoms. The van der Waals surface area contributed by atoms with Gasteiger partial charge in [0.25, 0.3) is 5.91 Å². The van der Waals surface area contributed by atoms with Crippen LogP contribution < -0.4 is 5.32 Å². The summed E-state index contributed by atoms with van der Waals surface area (Å²) in [4.78, 5) is 37.1. The maximum atomic E-state index is 12.5. The average molecular weight is 396 g/mol. The first kappa shape index (κ1) is 20.9. The van der Waals surface area contributed by atoms with Crippen LogP contribution in [-0.4, -0.2) is 64.8 Å². The first-order chi connectivity index (χ1) is 14.1. The summed E-state index contributed by atoms with van der Waals surface area (Å²) in [5.41, 5.74) is 3.25. The van der Waals surface area contributed by atoms with E-state index in [-0.39, 0.29) is 17.9 Å². The lowest BCUT2D eigenvalue weighted by atomic mass is 10.1. The molecule has 7 heteroatoms. The molecule has 2 aromatic heterocycles. The van der Waals surface area contributed by atoms with E-state index in [1.54, 1.807) is 19.3 Å². The zero-order valence-electron chi connectivity index (χ0n) is 17.4. The predicted octanol–water partition coefficient (Wildman–Crippen LogP) is 2.51. The fourth-order valence-corrected chi connectivity index (χ4v) is 3.80. The number of amides is 2. The van der Waals surface area contributed by atoms with Crippen molar-refractivity contribution in [3.8, 4) is 11.1 Å². The second-order valence-electron chi connectivity index (χ2n) is 7.18. The van der Waals surface area contributed by atoms with Gasteiger partial charge in [-0.1, -0.05) is 12.1 Å². The highest BCUT2D eigenvalue weighted by molar-refractivity contribution is 5.92. The smallest absolute Gasteiger partial charge is 0.269 e. The van der Waals surface area contributed by atoms with Gasteiger partial charge in [-0.25, -0.2) is 0 Å². The minimum Gasteiger partial charge on any atom is -0.354 e. The van der Waals surface area contributed by atoms with Gasteiger partial charge in [-0.3, -0.25) is 24.5 Å². The summed E-state index contributed by atoms with van der Waals surface area (Å²) < 4.78 is 0. The van der Waals surface area contributed by atoms with Crippen molar-refractivity contribution in [3.05, 3.63) is 48.0 Å². The lowest BCUT2D eigenvalue weighted by molar-refractivity contribution is -0.132. The third-order valence-electron chi connectivity index (χ3n) is 5.50. The molecule has 1 aliphatic rings. The van der Waals surface area contributed by atoms with Gasteiger partial charge in [-0.15, -0.1) is 0 Å². The highest BCUT2D eigenvalue weighted by Crippen LogP contribution is 2.31. The van der Waals surface area contributed by atoms with Crippen molar-refractivity contribution in [1.29, 1.82) is 0 Å². The summed E-state index contributed by atoms with van der Waals surface area (Å²) in [7, 11) is 1.59. The molecular formula is C22H29N5O2. The molecule has 1 fully saturated rings. The van der Waals surface area contributed by atoms with Crippen molar-refractivity contribution < 1.29 is 9.59 Å². The summed E-state index contributed by atoms with van der Waals surface area (Å²) in [6.07, 6.45) is 5.62. The standard InChI is InChI=1S/C22H29N5O2/c1-4-26(5-2)21(28)15-27-12-6-7-20(27)18-10-8-16(13-24-18)17-9-11-19(25-14-17)22(29)23-3/h8-11,13-14,20H,4-7,12,15H2,1-3H3,(H,23,29). The highest BCUT2D eigenvalue weighted by atomic mass is 16.2. The van der Waals surface area contributed by atoms with Gasteiger partial charge in [-0.2, -0.15) is 0 Å². The largest absolute Gasteiger partial charge is 0.354 e. The van der Waals surface area contributed by atoms with E-state index in [0.717, 1.165) is 49.3 Å². The van der Waals surface area contributed by atoms with E-state index in [1.807, 2.05) is 43.1 Å². The summed E-state index contributed by atoms with van der Waals surface area (Å²) in [6.45, 7) is 6.88. The Hall–Kier alpha value is -2.80. The lowest BCUT2D eigenvalue weighted by Crippen LogP contribution is -2.40. The van der Waals surface area contributed by atoms with Crippen molar-refractivity contribution in [2.75, 3.05) is 33.2 Å². The molecule has 3 rings (SSSR count). The molecule has 1 unspecified atom stereocenters. The van der Waals surface area contributed by atoms with E-state index < -0.39 is 0 Å². The maximum Gasteiger partial charge on any atom is 0.269 e. The van der Waals surface area contributed by atoms with Crippen molar-refractivity contribution in [2.45, 2.75) is 32.7 Å². The van der Waals surface area contributed by atoms with Crippen LogP contribution in [0.15, 0.2) is 36.7 Å². The van der Waals surface area contributed by atoms with Gasteiger partial charge in [0.2, 0.25) is 5.91 Å². The molecule has 0 aromatic carbocycles. The zero-order chi connectivity index (χ0) is 20.8. The Labute approximate surface area is 172 Å². The molecule has 7 nitrogen and oxygen atoms in total. The third-order valence-corrected chi connectivity index (χ3v) is 5.50. The Bertz CT molecular complexity index is 831. The second-order valence-corrected chi connectivity index (χ2v) is 7.18. The van der Waals surface area contributed by atoms with Crippen LogP contribution >= 0.6 is 0 Å². The number of hydrogen-bond donors (Lipinski definition) is 1. The molecule has 3 heterocycles. The molecule has 0 spiro atoms. The van der Waals surface area contributed by atoms with Gasteiger partial charge in [-0.05, 0) is 45.4 Å². The number of pyridine rings is 2. The number of nitrogens with one attached hydrogen (secondary N) is 1. The fourth-order valence-electron chi connectivity index (χ4n) is 3.80. The summed E-state index contributed by atoms with van der Waals surface area (Å²) in [6, 6.07) is 7.82. The third kappa shape index (κ3) is 4.79. The van der Waals surface area contributed by atoms with Crippen LogP contribution in [0.1, 0.15) is 48.9 Å². The van der Waals surface area contributed by atoms with Gasteiger partial charge < -0.3 is 10.2 Å². The minimum atomic E-state index is -0.203. The second kappa shape index (κ2) is 9.60.